The Morgan fingerprint density at radius 3 is 2.74 bits per heavy atom. The van der Waals surface area contributed by atoms with Gasteiger partial charge in [0.05, 0.1) is 25.0 Å². The molecule has 2 fully saturated rings. The number of piperidine rings is 1. The highest BCUT2D eigenvalue weighted by atomic mass is 16.5. The van der Waals surface area contributed by atoms with Gasteiger partial charge in [-0.2, -0.15) is 5.10 Å². The molecule has 0 radical (unpaired) electrons. The highest BCUT2D eigenvalue weighted by Gasteiger charge is 2.56. The van der Waals surface area contributed by atoms with Crippen molar-refractivity contribution in [3.63, 3.8) is 0 Å². The summed E-state index contributed by atoms with van der Waals surface area (Å²) in [5, 5.41) is 17.4. The number of ether oxygens (including phenoxy) is 2. The van der Waals surface area contributed by atoms with E-state index in [1.165, 1.54) is 0 Å². The Morgan fingerprint density at radius 2 is 2.07 bits per heavy atom. The molecular formula is C20H25N3O4. The summed E-state index contributed by atoms with van der Waals surface area (Å²) in [6.07, 6.45) is 1.97. The number of methoxy groups -OCH3 is 2. The minimum absolute atomic E-state index is 0.0609. The van der Waals surface area contributed by atoms with Gasteiger partial charge >= 0.3 is 0 Å². The first-order valence-corrected chi connectivity index (χ1v) is 9.27. The third-order valence-electron chi connectivity index (χ3n) is 6.18. The highest BCUT2D eigenvalue weighted by molar-refractivity contribution is 5.93. The predicted octanol–water partition coefficient (Wildman–Crippen LogP) is 2.09. The van der Waals surface area contributed by atoms with Crippen LogP contribution < -0.4 is 4.74 Å². The van der Waals surface area contributed by atoms with Gasteiger partial charge < -0.3 is 19.5 Å². The number of hydrogen-bond acceptors (Lipinski definition) is 5. The molecule has 1 aliphatic carbocycles. The topological polar surface area (TPSA) is 87.7 Å². The van der Waals surface area contributed by atoms with Gasteiger partial charge in [0, 0.05) is 37.6 Å². The van der Waals surface area contributed by atoms with E-state index in [4.69, 9.17) is 9.47 Å². The molecule has 7 heteroatoms. The summed E-state index contributed by atoms with van der Waals surface area (Å²) in [6, 6.07) is 9.36. The van der Waals surface area contributed by atoms with Gasteiger partial charge in [0.25, 0.3) is 5.91 Å². The van der Waals surface area contributed by atoms with Crippen LogP contribution in [0.25, 0.3) is 11.3 Å². The van der Waals surface area contributed by atoms with Crippen LogP contribution in [0.5, 0.6) is 5.75 Å². The summed E-state index contributed by atoms with van der Waals surface area (Å²) in [5.74, 6) is 0.686. The summed E-state index contributed by atoms with van der Waals surface area (Å²) >= 11 is 0. The van der Waals surface area contributed by atoms with Crippen molar-refractivity contribution in [1.82, 2.24) is 15.1 Å². The van der Waals surface area contributed by atoms with E-state index < -0.39 is 0 Å². The molecule has 0 unspecified atom stereocenters. The molecule has 4 rings (SSSR count). The molecule has 1 aliphatic heterocycles. The summed E-state index contributed by atoms with van der Waals surface area (Å²) in [6.45, 7) is 1.23. The number of carbonyl (C=O) groups excluding carboxylic acids is 1. The number of nitrogens with one attached hydrogen (secondary N) is 1. The quantitative estimate of drug-likeness (QED) is 0.859. The van der Waals surface area contributed by atoms with Crippen molar-refractivity contribution in [2.24, 2.45) is 5.41 Å². The van der Waals surface area contributed by atoms with E-state index in [0.29, 0.717) is 30.9 Å². The van der Waals surface area contributed by atoms with Crippen LogP contribution in [0.15, 0.2) is 30.3 Å². The normalized spacial score (nSPS) is 23.9. The standard InChI is InChI=1S/C20H25N3O4/c1-26-14-5-3-4-13(10-14)15-11-16(22-21-15)19(25)23-8-6-20(7-9-23)17(24)12-18(20)27-2/h3-5,10-11,17-18,24H,6-9,12H2,1-2H3,(H,21,22)/t17-,18+/m1/s1. The molecule has 2 atom stereocenters. The number of likely N-dealkylation sites (tertiary alicyclic amines) is 1. The average molecular weight is 371 g/mol. The number of rotatable bonds is 4. The maximum atomic E-state index is 12.9. The van der Waals surface area contributed by atoms with E-state index in [0.717, 1.165) is 24.2 Å². The largest absolute Gasteiger partial charge is 0.497 e. The molecule has 2 N–H and O–H groups in total. The Morgan fingerprint density at radius 1 is 1.30 bits per heavy atom. The average Bonchev–Trinajstić information content (AvgIpc) is 3.21. The van der Waals surface area contributed by atoms with Gasteiger partial charge in [-0.1, -0.05) is 12.1 Å². The summed E-state index contributed by atoms with van der Waals surface area (Å²) in [4.78, 5) is 14.7. The van der Waals surface area contributed by atoms with Gasteiger partial charge in [-0.25, -0.2) is 0 Å². The zero-order chi connectivity index (χ0) is 19.0. The van der Waals surface area contributed by atoms with Crippen LogP contribution in [0.4, 0.5) is 0 Å². The van der Waals surface area contributed by atoms with Gasteiger partial charge in [-0.05, 0) is 31.0 Å². The maximum Gasteiger partial charge on any atom is 0.271 e. The molecule has 1 spiro atoms. The van der Waals surface area contributed by atoms with E-state index in [1.54, 1.807) is 20.3 Å². The molecule has 2 heterocycles. The lowest BCUT2D eigenvalue weighted by Crippen LogP contribution is -2.62. The number of aliphatic hydroxyl groups is 1. The lowest BCUT2D eigenvalue weighted by molar-refractivity contribution is -0.199. The third-order valence-corrected chi connectivity index (χ3v) is 6.18. The number of amides is 1. The number of hydrogen-bond donors (Lipinski definition) is 2. The fourth-order valence-electron chi connectivity index (χ4n) is 4.37. The summed E-state index contributed by atoms with van der Waals surface area (Å²) < 4.78 is 10.8. The minimum Gasteiger partial charge on any atom is -0.497 e. The second-order valence-electron chi connectivity index (χ2n) is 7.40. The predicted molar refractivity (Wildman–Crippen MR) is 99.6 cm³/mol. The smallest absolute Gasteiger partial charge is 0.271 e. The van der Waals surface area contributed by atoms with Crippen molar-refractivity contribution in [2.45, 2.75) is 31.5 Å². The minimum atomic E-state index is -0.327. The van der Waals surface area contributed by atoms with E-state index in [1.807, 2.05) is 29.2 Å². The molecular weight excluding hydrogens is 346 g/mol. The van der Waals surface area contributed by atoms with Crippen molar-refractivity contribution in [2.75, 3.05) is 27.3 Å². The zero-order valence-electron chi connectivity index (χ0n) is 15.6. The molecule has 144 valence electrons. The lowest BCUT2D eigenvalue weighted by Gasteiger charge is -2.56. The number of benzene rings is 1. The Bertz CT molecular complexity index is 826. The van der Waals surface area contributed by atoms with Gasteiger partial charge in [0.15, 0.2) is 0 Å². The van der Waals surface area contributed by atoms with Gasteiger partial charge in [-0.15, -0.1) is 0 Å². The molecule has 2 aliphatic rings. The zero-order valence-corrected chi connectivity index (χ0v) is 15.6. The fraction of sp³-hybridized carbons (Fsp3) is 0.500. The lowest BCUT2D eigenvalue weighted by atomic mass is 9.58. The van der Waals surface area contributed by atoms with Crippen LogP contribution in [0.3, 0.4) is 0 Å². The highest BCUT2D eigenvalue weighted by Crippen LogP contribution is 2.50. The summed E-state index contributed by atoms with van der Waals surface area (Å²) in [7, 11) is 3.31. The molecule has 1 saturated carbocycles. The molecule has 7 nitrogen and oxygen atoms in total. The molecule has 1 amide bonds. The number of carbonyl (C=O) groups is 1. The van der Waals surface area contributed by atoms with Crippen LogP contribution in [-0.4, -0.2) is 65.6 Å². The molecule has 1 saturated heterocycles. The van der Waals surface area contributed by atoms with Crippen molar-refractivity contribution in [1.29, 1.82) is 0 Å². The molecule has 0 bridgehead atoms. The summed E-state index contributed by atoms with van der Waals surface area (Å²) in [5.41, 5.74) is 1.88. The number of aromatic nitrogens is 2. The number of H-pyrrole nitrogens is 1. The van der Waals surface area contributed by atoms with Crippen molar-refractivity contribution in [3.05, 3.63) is 36.0 Å². The fourth-order valence-corrected chi connectivity index (χ4v) is 4.37. The first-order chi connectivity index (χ1) is 13.1. The second-order valence-corrected chi connectivity index (χ2v) is 7.40. The number of aromatic amines is 1. The SMILES string of the molecule is COc1cccc(-c2cc(C(=O)N3CCC4(CC3)[C@H](O)C[C@@H]4OC)[nH]n2)c1. The van der Waals surface area contributed by atoms with Gasteiger partial charge in [0.2, 0.25) is 0 Å². The maximum absolute atomic E-state index is 12.9. The molecule has 1 aromatic carbocycles. The molecule has 1 aromatic heterocycles. The van der Waals surface area contributed by atoms with E-state index in [9.17, 15) is 9.90 Å². The monoisotopic (exact) mass is 371 g/mol. The van der Waals surface area contributed by atoms with Crippen LogP contribution in [-0.2, 0) is 4.74 Å². The first-order valence-electron chi connectivity index (χ1n) is 9.27. The van der Waals surface area contributed by atoms with Crippen molar-refractivity contribution in [3.8, 4) is 17.0 Å². The Hall–Kier alpha value is -2.38. The molecule has 2 aromatic rings. The first kappa shape index (κ1) is 18.0. The number of aliphatic hydroxyl groups excluding tert-OH is 1. The van der Waals surface area contributed by atoms with Gasteiger partial charge in [-0.3, -0.25) is 9.89 Å². The Balaban J connectivity index is 1.44. The third kappa shape index (κ3) is 3.00. The van der Waals surface area contributed by atoms with Crippen LogP contribution in [0.1, 0.15) is 29.8 Å². The van der Waals surface area contributed by atoms with Crippen LogP contribution >= 0.6 is 0 Å². The van der Waals surface area contributed by atoms with E-state index in [2.05, 4.69) is 10.2 Å². The van der Waals surface area contributed by atoms with Crippen LogP contribution in [0.2, 0.25) is 0 Å². The van der Waals surface area contributed by atoms with Crippen molar-refractivity contribution < 1.29 is 19.4 Å². The molecule has 27 heavy (non-hydrogen) atoms. The van der Waals surface area contributed by atoms with Crippen molar-refractivity contribution >= 4 is 5.91 Å². The van der Waals surface area contributed by atoms with E-state index in [-0.39, 0.29) is 23.5 Å². The Labute approximate surface area is 158 Å². The number of nitrogens with zero attached hydrogens (tertiary/aromatic N) is 2. The van der Waals surface area contributed by atoms with Crippen LogP contribution in [0, 0.1) is 5.41 Å². The Kier molecular flexibility index (Phi) is 4.65. The van der Waals surface area contributed by atoms with E-state index >= 15 is 0 Å². The van der Waals surface area contributed by atoms with Gasteiger partial charge in [0.1, 0.15) is 11.4 Å². The second kappa shape index (κ2) is 6.98.